The molecule has 0 unspecified atom stereocenters. The van der Waals surface area contributed by atoms with Gasteiger partial charge in [0.05, 0.1) is 0 Å². The first-order chi connectivity index (χ1) is 5.04. The number of hydrogen-bond acceptors (Lipinski definition) is 1. The molecule has 11 heavy (non-hydrogen) atoms. The van der Waals surface area contributed by atoms with E-state index in [0.717, 1.165) is 4.77 Å². The molecule has 3 heteroatoms. The van der Waals surface area contributed by atoms with Crippen LogP contribution < -0.4 is 0 Å². The van der Waals surface area contributed by atoms with Crippen molar-refractivity contribution < 1.29 is 0 Å². The van der Waals surface area contributed by atoms with Crippen molar-refractivity contribution in [2.45, 2.75) is 33.7 Å². The Bertz CT molecular complexity index is 306. The summed E-state index contributed by atoms with van der Waals surface area (Å²) in [6.07, 6.45) is 0. The molecule has 62 valence electrons. The predicted octanol–water partition coefficient (Wildman–Crippen LogP) is 2.74. The number of H-pyrrole nitrogens is 1. The number of imidazole rings is 1. The quantitative estimate of drug-likeness (QED) is 0.643. The van der Waals surface area contributed by atoms with Gasteiger partial charge in [-0.25, -0.2) is 0 Å². The van der Waals surface area contributed by atoms with Crippen LogP contribution in [0.1, 0.15) is 31.3 Å². The standard InChI is InChI=1S/C8H14N2S/c1-5(2)10-7(4)6(3)9-8(10)11/h5H,1-4H3,(H,9,11). The number of nitrogens with zero attached hydrogens (tertiary/aromatic N) is 1. The van der Waals surface area contributed by atoms with Crippen molar-refractivity contribution in [2.24, 2.45) is 0 Å². The SMILES string of the molecule is Cc1[nH]c(=S)n(C(C)C)c1C. The van der Waals surface area contributed by atoms with Crippen molar-refractivity contribution >= 4 is 12.2 Å². The highest BCUT2D eigenvalue weighted by Crippen LogP contribution is 2.12. The fraction of sp³-hybridized carbons (Fsp3) is 0.625. The Morgan fingerprint density at radius 3 is 2.09 bits per heavy atom. The molecule has 0 aliphatic heterocycles. The minimum Gasteiger partial charge on any atom is -0.335 e. The van der Waals surface area contributed by atoms with Crippen molar-refractivity contribution in [2.75, 3.05) is 0 Å². The van der Waals surface area contributed by atoms with E-state index in [1.165, 1.54) is 11.4 Å². The van der Waals surface area contributed by atoms with Crippen LogP contribution in [0.15, 0.2) is 0 Å². The lowest BCUT2D eigenvalue weighted by Crippen LogP contribution is -2.02. The van der Waals surface area contributed by atoms with Crippen molar-refractivity contribution in [1.82, 2.24) is 9.55 Å². The van der Waals surface area contributed by atoms with Crippen LogP contribution in [-0.2, 0) is 0 Å². The maximum Gasteiger partial charge on any atom is 0.177 e. The Balaban J connectivity index is 3.34. The molecule has 2 nitrogen and oxygen atoms in total. The van der Waals surface area contributed by atoms with Crippen LogP contribution >= 0.6 is 12.2 Å². The summed E-state index contributed by atoms with van der Waals surface area (Å²) in [7, 11) is 0. The highest BCUT2D eigenvalue weighted by molar-refractivity contribution is 7.71. The van der Waals surface area contributed by atoms with Gasteiger partial charge >= 0.3 is 0 Å². The molecule has 0 spiro atoms. The Labute approximate surface area is 72.3 Å². The van der Waals surface area contributed by atoms with Gasteiger partial charge < -0.3 is 9.55 Å². The lowest BCUT2D eigenvalue weighted by Gasteiger charge is -2.08. The summed E-state index contributed by atoms with van der Waals surface area (Å²) >= 11 is 5.14. The van der Waals surface area contributed by atoms with Gasteiger partial charge in [-0.1, -0.05) is 0 Å². The zero-order valence-electron chi connectivity index (χ0n) is 7.43. The van der Waals surface area contributed by atoms with Gasteiger partial charge in [0, 0.05) is 17.4 Å². The molecule has 1 heterocycles. The molecule has 0 atom stereocenters. The summed E-state index contributed by atoms with van der Waals surface area (Å²) in [4.78, 5) is 3.13. The van der Waals surface area contributed by atoms with E-state index in [1.54, 1.807) is 0 Å². The van der Waals surface area contributed by atoms with Gasteiger partial charge in [-0.15, -0.1) is 0 Å². The average molecular weight is 170 g/mol. The third-order valence-electron chi connectivity index (χ3n) is 1.93. The summed E-state index contributed by atoms with van der Waals surface area (Å²) in [6, 6.07) is 0.451. The van der Waals surface area contributed by atoms with E-state index in [4.69, 9.17) is 12.2 Å². The first kappa shape index (κ1) is 8.53. The molecule has 1 N–H and O–H groups in total. The summed E-state index contributed by atoms with van der Waals surface area (Å²) < 4.78 is 2.96. The Morgan fingerprint density at radius 1 is 1.36 bits per heavy atom. The first-order valence-corrected chi connectivity index (χ1v) is 4.22. The maximum atomic E-state index is 5.14. The van der Waals surface area contributed by atoms with Crippen LogP contribution in [0.4, 0.5) is 0 Å². The maximum absolute atomic E-state index is 5.14. The van der Waals surface area contributed by atoms with E-state index >= 15 is 0 Å². The topological polar surface area (TPSA) is 20.7 Å². The smallest absolute Gasteiger partial charge is 0.177 e. The van der Waals surface area contributed by atoms with Crippen LogP contribution in [0, 0.1) is 18.6 Å². The van der Waals surface area contributed by atoms with Gasteiger partial charge in [-0.05, 0) is 39.9 Å². The highest BCUT2D eigenvalue weighted by atomic mass is 32.1. The Hall–Kier alpha value is -0.570. The van der Waals surface area contributed by atoms with E-state index in [9.17, 15) is 0 Å². The zero-order chi connectivity index (χ0) is 8.59. The molecule has 0 saturated heterocycles. The molecule has 0 aliphatic carbocycles. The molecule has 0 radical (unpaired) electrons. The van der Waals surface area contributed by atoms with Crippen molar-refractivity contribution in [3.63, 3.8) is 0 Å². The fourth-order valence-electron chi connectivity index (χ4n) is 1.27. The molecular weight excluding hydrogens is 156 g/mol. The third-order valence-corrected chi connectivity index (χ3v) is 2.23. The van der Waals surface area contributed by atoms with E-state index in [0.29, 0.717) is 6.04 Å². The average Bonchev–Trinajstić information content (AvgIpc) is 2.07. The molecular formula is C8H14N2S. The van der Waals surface area contributed by atoms with Gasteiger partial charge in [-0.2, -0.15) is 0 Å². The molecule has 0 fully saturated rings. The Kier molecular flexibility index (Phi) is 2.18. The normalized spacial score (nSPS) is 11.0. The van der Waals surface area contributed by atoms with Crippen molar-refractivity contribution in [3.05, 3.63) is 16.2 Å². The van der Waals surface area contributed by atoms with Crippen LogP contribution in [0.3, 0.4) is 0 Å². The van der Waals surface area contributed by atoms with Gasteiger partial charge in [0.15, 0.2) is 4.77 Å². The summed E-state index contributed by atoms with van der Waals surface area (Å²) in [5.74, 6) is 0. The monoisotopic (exact) mass is 170 g/mol. The second-order valence-electron chi connectivity index (χ2n) is 3.10. The van der Waals surface area contributed by atoms with Crippen LogP contribution in [-0.4, -0.2) is 9.55 Å². The van der Waals surface area contributed by atoms with Crippen molar-refractivity contribution in [3.8, 4) is 0 Å². The van der Waals surface area contributed by atoms with Gasteiger partial charge in [0.1, 0.15) is 0 Å². The molecule has 0 aromatic carbocycles. The summed E-state index contributed by atoms with van der Waals surface area (Å²) in [6.45, 7) is 8.40. The number of aromatic amines is 1. The third kappa shape index (κ3) is 1.38. The lowest BCUT2D eigenvalue weighted by molar-refractivity contribution is 0.578. The minimum atomic E-state index is 0.451. The molecule has 1 aromatic heterocycles. The number of hydrogen-bond donors (Lipinski definition) is 1. The van der Waals surface area contributed by atoms with Crippen molar-refractivity contribution in [1.29, 1.82) is 0 Å². The van der Waals surface area contributed by atoms with Gasteiger partial charge in [-0.3, -0.25) is 0 Å². The highest BCUT2D eigenvalue weighted by Gasteiger charge is 2.05. The molecule has 0 amide bonds. The molecule has 0 aliphatic rings. The second kappa shape index (κ2) is 2.81. The zero-order valence-corrected chi connectivity index (χ0v) is 8.25. The summed E-state index contributed by atoms with van der Waals surface area (Å²) in [5, 5.41) is 0. The van der Waals surface area contributed by atoms with E-state index in [1.807, 2.05) is 6.92 Å². The molecule has 1 rings (SSSR count). The van der Waals surface area contributed by atoms with E-state index in [2.05, 4.69) is 30.3 Å². The second-order valence-corrected chi connectivity index (χ2v) is 3.49. The van der Waals surface area contributed by atoms with Crippen LogP contribution in [0.2, 0.25) is 0 Å². The molecule has 1 aromatic rings. The largest absolute Gasteiger partial charge is 0.335 e. The lowest BCUT2D eigenvalue weighted by atomic mass is 10.3. The van der Waals surface area contributed by atoms with E-state index in [-0.39, 0.29) is 0 Å². The number of rotatable bonds is 1. The molecule has 0 saturated carbocycles. The van der Waals surface area contributed by atoms with Gasteiger partial charge in [0.25, 0.3) is 0 Å². The predicted molar refractivity (Wildman–Crippen MR) is 49.5 cm³/mol. The minimum absolute atomic E-state index is 0.451. The molecule has 0 bridgehead atoms. The van der Waals surface area contributed by atoms with Crippen LogP contribution in [0.5, 0.6) is 0 Å². The number of nitrogens with one attached hydrogen (secondary N) is 1. The Morgan fingerprint density at radius 2 is 1.91 bits per heavy atom. The first-order valence-electron chi connectivity index (χ1n) is 3.81. The summed E-state index contributed by atoms with van der Waals surface area (Å²) in [5.41, 5.74) is 2.41. The number of aryl methyl sites for hydroxylation is 1. The van der Waals surface area contributed by atoms with E-state index < -0.39 is 0 Å². The van der Waals surface area contributed by atoms with Gasteiger partial charge in [0.2, 0.25) is 0 Å². The number of aromatic nitrogens is 2. The fourth-order valence-corrected chi connectivity index (χ4v) is 1.77. The van der Waals surface area contributed by atoms with Crippen LogP contribution in [0.25, 0.3) is 0 Å².